The molecule has 1 unspecified atom stereocenters. The molecule has 0 radical (unpaired) electrons. The van der Waals surface area contributed by atoms with Crippen LogP contribution < -0.4 is 20.1 Å². The second kappa shape index (κ2) is 11.6. The van der Waals surface area contributed by atoms with E-state index in [0.717, 1.165) is 28.9 Å². The molecule has 3 aromatic carbocycles. The van der Waals surface area contributed by atoms with Crippen molar-refractivity contribution in [1.29, 1.82) is 0 Å². The first-order chi connectivity index (χ1) is 17.3. The molecule has 2 nitrogen and oxygen atoms in total. The van der Waals surface area contributed by atoms with Crippen molar-refractivity contribution in [2.24, 2.45) is 0 Å². The predicted octanol–water partition coefficient (Wildman–Crippen LogP) is 8.10. The van der Waals surface area contributed by atoms with Crippen LogP contribution >= 0.6 is 8.58 Å². The van der Waals surface area contributed by atoms with Crippen molar-refractivity contribution in [3.63, 3.8) is 0 Å². The minimum atomic E-state index is 0.619. The molecule has 0 N–H and O–H groups in total. The molecule has 0 saturated heterocycles. The average molecular weight is 487 g/mol. The quantitative estimate of drug-likeness (QED) is 0.314. The first kappa shape index (κ1) is 24.4. The Morgan fingerprint density at radius 3 is 1.83 bits per heavy atom. The van der Waals surface area contributed by atoms with E-state index in [0.29, 0.717) is 8.58 Å². The SMILES string of the molecule is COc1cccc(OC)c1-c1ccccc1Pc1cccc(C2CCCCC2)c1C1CCCCC1. The van der Waals surface area contributed by atoms with Crippen LogP contribution in [0.3, 0.4) is 0 Å². The number of benzene rings is 3. The van der Waals surface area contributed by atoms with Crippen molar-refractivity contribution in [2.75, 3.05) is 14.2 Å². The zero-order valence-electron chi connectivity index (χ0n) is 21.3. The van der Waals surface area contributed by atoms with Crippen LogP contribution in [0.15, 0.2) is 60.7 Å². The van der Waals surface area contributed by atoms with Gasteiger partial charge in [-0.05, 0) is 77.0 Å². The molecule has 1 atom stereocenters. The molecule has 3 heteroatoms. The van der Waals surface area contributed by atoms with E-state index in [1.165, 1.54) is 75.1 Å². The highest BCUT2D eigenvalue weighted by molar-refractivity contribution is 7.56. The van der Waals surface area contributed by atoms with Crippen LogP contribution in [-0.2, 0) is 0 Å². The molecule has 2 aliphatic carbocycles. The maximum atomic E-state index is 5.79. The molecule has 0 aromatic heterocycles. The Balaban J connectivity index is 1.59. The Hall–Kier alpha value is -2.31. The molecule has 184 valence electrons. The van der Waals surface area contributed by atoms with Gasteiger partial charge in [0.2, 0.25) is 0 Å². The molecule has 35 heavy (non-hydrogen) atoms. The van der Waals surface area contributed by atoms with Crippen molar-refractivity contribution < 1.29 is 9.47 Å². The minimum Gasteiger partial charge on any atom is -0.496 e. The Bertz CT molecular complexity index is 1100. The van der Waals surface area contributed by atoms with Crippen LogP contribution in [0.25, 0.3) is 11.1 Å². The van der Waals surface area contributed by atoms with Gasteiger partial charge in [0.15, 0.2) is 0 Å². The van der Waals surface area contributed by atoms with E-state index in [1.54, 1.807) is 30.7 Å². The number of hydrogen-bond acceptors (Lipinski definition) is 2. The lowest BCUT2D eigenvalue weighted by molar-refractivity contribution is 0.397. The van der Waals surface area contributed by atoms with Gasteiger partial charge in [0, 0.05) is 0 Å². The second-order valence-electron chi connectivity index (χ2n) is 10.2. The monoisotopic (exact) mass is 486 g/mol. The van der Waals surface area contributed by atoms with Gasteiger partial charge < -0.3 is 9.47 Å². The van der Waals surface area contributed by atoms with Crippen LogP contribution in [0.4, 0.5) is 0 Å². The first-order valence-electron chi connectivity index (χ1n) is 13.5. The van der Waals surface area contributed by atoms with Gasteiger partial charge in [-0.25, -0.2) is 0 Å². The summed E-state index contributed by atoms with van der Waals surface area (Å²) in [4.78, 5) is 0. The largest absolute Gasteiger partial charge is 0.496 e. The van der Waals surface area contributed by atoms with Crippen molar-refractivity contribution in [3.05, 3.63) is 71.8 Å². The van der Waals surface area contributed by atoms with Crippen molar-refractivity contribution in [2.45, 2.75) is 76.0 Å². The normalized spacial score (nSPS) is 17.7. The van der Waals surface area contributed by atoms with Crippen LogP contribution in [-0.4, -0.2) is 14.2 Å². The second-order valence-corrected chi connectivity index (χ2v) is 11.5. The summed E-state index contributed by atoms with van der Waals surface area (Å²) in [6.45, 7) is 0. The molecule has 0 spiro atoms. The van der Waals surface area contributed by atoms with E-state index in [4.69, 9.17) is 9.47 Å². The Morgan fingerprint density at radius 1 is 0.600 bits per heavy atom. The van der Waals surface area contributed by atoms with Gasteiger partial charge in [0.1, 0.15) is 11.5 Å². The highest BCUT2D eigenvalue weighted by atomic mass is 31.1. The van der Waals surface area contributed by atoms with Crippen LogP contribution in [0.5, 0.6) is 11.5 Å². The van der Waals surface area contributed by atoms with Crippen molar-refractivity contribution in [3.8, 4) is 22.6 Å². The fraction of sp³-hybridized carbons (Fsp3) is 0.438. The topological polar surface area (TPSA) is 18.5 Å². The predicted molar refractivity (Wildman–Crippen MR) is 151 cm³/mol. The summed E-state index contributed by atoms with van der Waals surface area (Å²) in [5.74, 6) is 3.20. The van der Waals surface area contributed by atoms with E-state index in [1.807, 2.05) is 18.2 Å². The molecule has 0 heterocycles. The van der Waals surface area contributed by atoms with Gasteiger partial charge in [0.25, 0.3) is 0 Å². The summed E-state index contributed by atoms with van der Waals surface area (Å²) >= 11 is 0. The van der Waals surface area contributed by atoms with Crippen molar-refractivity contribution >= 4 is 19.2 Å². The third kappa shape index (κ3) is 5.29. The number of methoxy groups -OCH3 is 2. The van der Waals surface area contributed by atoms with E-state index >= 15 is 0 Å². The summed E-state index contributed by atoms with van der Waals surface area (Å²) in [7, 11) is 4.12. The fourth-order valence-electron chi connectivity index (χ4n) is 6.38. The lowest BCUT2D eigenvalue weighted by atomic mass is 9.76. The summed E-state index contributed by atoms with van der Waals surface area (Å²) in [5.41, 5.74) is 5.66. The highest BCUT2D eigenvalue weighted by Gasteiger charge is 2.27. The lowest BCUT2D eigenvalue weighted by Gasteiger charge is -2.31. The Morgan fingerprint density at radius 2 is 1.17 bits per heavy atom. The van der Waals surface area contributed by atoms with E-state index in [9.17, 15) is 0 Å². The fourth-order valence-corrected chi connectivity index (χ4v) is 7.86. The van der Waals surface area contributed by atoms with Crippen LogP contribution in [0.2, 0.25) is 0 Å². The van der Waals surface area contributed by atoms with Gasteiger partial charge in [0.05, 0.1) is 19.8 Å². The molecule has 3 aromatic rings. The zero-order valence-corrected chi connectivity index (χ0v) is 22.3. The molecule has 2 fully saturated rings. The summed E-state index contributed by atoms with van der Waals surface area (Å²) in [5, 5.41) is 2.93. The number of ether oxygens (including phenoxy) is 2. The van der Waals surface area contributed by atoms with E-state index in [2.05, 4.69) is 42.5 Å². The molecular weight excluding hydrogens is 447 g/mol. The van der Waals surface area contributed by atoms with Gasteiger partial charge in [-0.1, -0.05) is 95.6 Å². The number of rotatable bonds is 7. The maximum Gasteiger partial charge on any atom is 0.130 e. The molecular formula is C32H39O2P. The smallest absolute Gasteiger partial charge is 0.130 e. The summed E-state index contributed by atoms with van der Waals surface area (Å²) < 4.78 is 11.6. The Kier molecular flexibility index (Phi) is 8.09. The molecule has 0 bridgehead atoms. The third-order valence-electron chi connectivity index (χ3n) is 8.09. The van der Waals surface area contributed by atoms with Gasteiger partial charge in [-0.3, -0.25) is 0 Å². The molecule has 0 amide bonds. The highest BCUT2D eigenvalue weighted by Crippen LogP contribution is 2.43. The van der Waals surface area contributed by atoms with Gasteiger partial charge in [-0.15, -0.1) is 0 Å². The van der Waals surface area contributed by atoms with E-state index in [-0.39, 0.29) is 0 Å². The van der Waals surface area contributed by atoms with Crippen LogP contribution in [0, 0.1) is 0 Å². The molecule has 2 aliphatic rings. The Labute approximate surface area is 213 Å². The van der Waals surface area contributed by atoms with Crippen LogP contribution in [0.1, 0.15) is 87.2 Å². The first-order valence-corrected chi connectivity index (χ1v) is 14.5. The molecule has 5 rings (SSSR count). The molecule has 0 aliphatic heterocycles. The summed E-state index contributed by atoms with van der Waals surface area (Å²) in [6, 6.07) is 22.2. The summed E-state index contributed by atoms with van der Waals surface area (Å²) in [6.07, 6.45) is 13.8. The average Bonchev–Trinajstić information content (AvgIpc) is 2.93. The van der Waals surface area contributed by atoms with Crippen molar-refractivity contribution in [1.82, 2.24) is 0 Å². The van der Waals surface area contributed by atoms with Gasteiger partial charge in [-0.2, -0.15) is 0 Å². The molecule has 2 saturated carbocycles. The zero-order chi connectivity index (χ0) is 24.0. The third-order valence-corrected chi connectivity index (χ3v) is 9.50. The van der Waals surface area contributed by atoms with Gasteiger partial charge >= 0.3 is 0 Å². The standard InChI is InChI=1S/C32H39O2P/c1-33-27-19-12-20-28(34-2)32(27)26-17-9-10-21-29(26)35-30-22-11-18-25(23-13-5-3-6-14-23)31(30)24-15-7-4-8-16-24/h9-12,17-24,35H,3-8,13-16H2,1-2H3. The lowest BCUT2D eigenvalue weighted by Crippen LogP contribution is -2.21. The van der Waals surface area contributed by atoms with E-state index < -0.39 is 0 Å². The maximum absolute atomic E-state index is 5.79. The number of hydrogen-bond donors (Lipinski definition) is 0. The minimum absolute atomic E-state index is 0.619.